The molecule has 1 aromatic carbocycles. The highest BCUT2D eigenvalue weighted by Crippen LogP contribution is 2.40. The van der Waals surface area contributed by atoms with Gasteiger partial charge in [0, 0.05) is 0 Å². The summed E-state index contributed by atoms with van der Waals surface area (Å²) < 4.78 is 10.4. The van der Waals surface area contributed by atoms with Crippen LogP contribution in [0.2, 0.25) is 0 Å². The van der Waals surface area contributed by atoms with Crippen LogP contribution in [0.15, 0.2) is 49.7 Å². The first kappa shape index (κ1) is 22.4. The standard InChI is InChI=1S/C19H20N4O4S2/c1-4-26-17(24)11(10-20)19(28-3)29-16-14(18(25)27-5-2)15(21)22-12-8-6-7-9-13(12)23-16/h6-9,23H,4-5H2,1-3H3,(H2,21,22). The van der Waals surface area contributed by atoms with E-state index in [4.69, 9.17) is 15.2 Å². The van der Waals surface area contributed by atoms with Gasteiger partial charge >= 0.3 is 11.9 Å². The van der Waals surface area contributed by atoms with Crippen LogP contribution in [0.4, 0.5) is 11.4 Å². The lowest BCUT2D eigenvalue weighted by molar-refractivity contribution is -0.138. The van der Waals surface area contributed by atoms with Crippen LogP contribution < -0.4 is 11.1 Å². The van der Waals surface area contributed by atoms with Crippen LogP contribution in [0.25, 0.3) is 0 Å². The van der Waals surface area contributed by atoms with Crippen molar-refractivity contribution >= 4 is 52.7 Å². The zero-order valence-corrected chi connectivity index (χ0v) is 17.8. The number of nitrogens with two attached hydrogens (primary N) is 1. The maximum Gasteiger partial charge on any atom is 0.350 e. The van der Waals surface area contributed by atoms with Crippen molar-refractivity contribution in [2.75, 3.05) is 24.8 Å². The smallest absolute Gasteiger partial charge is 0.350 e. The number of hydrogen-bond donors (Lipinski definition) is 2. The van der Waals surface area contributed by atoms with E-state index >= 15 is 0 Å². The molecule has 0 unspecified atom stereocenters. The molecule has 152 valence electrons. The Bertz CT molecular complexity index is 948. The Morgan fingerprint density at radius 1 is 1.24 bits per heavy atom. The molecule has 0 aliphatic carbocycles. The number of thioether (sulfide) groups is 2. The number of anilines is 1. The van der Waals surface area contributed by atoms with Crippen LogP contribution in [0.1, 0.15) is 13.8 Å². The molecule has 0 bridgehead atoms. The van der Waals surface area contributed by atoms with Gasteiger partial charge in [-0.3, -0.25) is 0 Å². The minimum Gasteiger partial charge on any atom is -0.462 e. The SMILES string of the molecule is CCOC(=O)C(C#N)=C(SC)SC1=C(C(=O)OCC)C(N)=Nc2ccccc2N1. The molecule has 0 fully saturated rings. The number of nitrogens with one attached hydrogen (secondary N) is 1. The largest absolute Gasteiger partial charge is 0.462 e. The molecule has 2 rings (SSSR count). The van der Waals surface area contributed by atoms with Gasteiger partial charge in [0.15, 0.2) is 5.57 Å². The van der Waals surface area contributed by atoms with E-state index in [0.29, 0.717) is 20.6 Å². The van der Waals surface area contributed by atoms with Crippen LogP contribution in [0.5, 0.6) is 0 Å². The minimum absolute atomic E-state index is 0.0285. The molecule has 3 N–H and O–H groups in total. The normalized spacial score (nSPS) is 13.8. The maximum absolute atomic E-state index is 12.6. The number of carbonyl (C=O) groups excluding carboxylic acids is 2. The number of benzene rings is 1. The Balaban J connectivity index is 2.61. The quantitative estimate of drug-likeness (QED) is 0.379. The molecular formula is C19H20N4O4S2. The first-order valence-corrected chi connectivity index (χ1v) is 10.7. The van der Waals surface area contributed by atoms with Gasteiger partial charge in [-0.25, -0.2) is 14.6 Å². The Kier molecular flexibility index (Phi) is 8.18. The van der Waals surface area contributed by atoms with E-state index in [0.717, 1.165) is 11.8 Å². The molecule has 0 saturated carbocycles. The van der Waals surface area contributed by atoms with Crippen LogP contribution >= 0.6 is 23.5 Å². The molecule has 1 heterocycles. The third-order valence-electron chi connectivity index (χ3n) is 3.53. The van der Waals surface area contributed by atoms with Gasteiger partial charge in [-0.05, 0) is 32.2 Å². The number of aliphatic imine (C=N–C) groups is 1. The summed E-state index contributed by atoms with van der Waals surface area (Å²) >= 11 is 2.20. The second-order valence-corrected chi connectivity index (χ2v) is 7.46. The molecule has 0 saturated heterocycles. The van der Waals surface area contributed by atoms with Crippen molar-refractivity contribution in [1.29, 1.82) is 5.26 Å². The molecule has 0 amide bonds. The zero-order chi connectivity index (χ0) is 21.4. The summed E-state index contributed by atoms with van der Waals surface area (Å²) in [6.07, 6.45) is 1.71. The molecule has 10 heteroatoms. The lowest BCUT2D eigenvalue weighted by Crippen LogP contribution is -2.25. The van der Waals surface area contributed by atoms with E-state index in [1.165, 1.54) is 11.8 Å². The van der Waals surface area contributed by atoms with Crippen molar-refractivity contribution in [3.63, 3.8) is 0 Å². The average Bonchev–Trinajstić information content (AvgIpc) is 2.83. The predicted octanol–water partition coefficient (Wildman–Crippen LogP) is 3.27. The third kappa shape index (κ3) is 5.34. The summed E-state index contributed by atoms with van der Waals surface area (Å²) in [5, 5.41) is 12.9. The highest BCUT2D eigenvalue weighted by molar-refractivity contribution is 8.23. The van der Waals surface area contributed by atoms with Crippen LogP contribution in [-0.2, 0) is 19.1 Å². The minimum atomic E-state index is -0.735. The molecule has 0 atom stereocenters. The lowest BCUT2D eigenvalue weighted by Gasteiger charge is -2.15. The Morgan fingerprint density at radius 2 is 1.93 bits per heavy atom. The van der Waals surface area contributed by atoms with E-state index < -0.39 is 11.9 Å². The van der Waals surface area contributed by atoms with Gasteiger partial charge in [0.25, 0.3) is 0 Å². The summed E-state index contributed by atoms with van der Waals surface area (Å²) in [7, 11) is 0. The van der Waals surface area contributed by atoms with Gasteiger partial charge in [-0.15, -0.1) is 11.8 Å². The van der Waals surface area contributed by atoms with E-state index in [1.807, 2.05) is 6.07 Å². The number of amidine groups is 1. The summed E-state index contributed by atoms with van der Waals surface area (Å²) in [6, 6.07) is 9.00. The summed E-state index contributed by atoms with van der Waals surface area (Å²) in [6.45, 7) is 3.62. The number of esters is 2. The molecule has 0 aromatic heterocycles. The number of carbonyl (C=O) groups is 2. The molecule has 1 aromatic rings. The van der Waals surface area contributed by atoms with Crippen molar-refractivity contribution in [3.8, 4) is 6.07 Å². The molecule has 1 aliphatic rings. The number of hydrogen-bond acceptors (Lipinski definition) is 10. The van der Waals surface area contributed by atoms with Gasteiger partial charge in [0.05, 0.1) is 33.9 Å². The number of nitriles is 1. The fraction of sp³-hybridized carbons (Fsp3) is 0.263. The summed E-state index contributed by atoms with van der Waals surface area (Å²) in [5.41, 5.74) is 7.14. The molecule has 0 radical (unpaired) electrons. The van der Waals surface area contributed by atoms with Gasteiger partial charge in [-0.2, -0.15) is 5.26 Å². The summed E-state index contributed by atoms with van der Waals surface area (Å²) in [4.78, 5) is 29.1. The van der Waals surface area contributed by atoms with Crippen molar-refractivity contribution in [3.05, 3.63) is 44.7 Å². The van der Waals surface area contributed by atoms with Crippen molar-refractivity contribution in [1.82, 2.24) is 0 Å². The highest BCUT2D eigenvalue weighted by Gasteiger charge is 2.27. The Morgan fingerprint density at radius 3 is 2.55 bits per heavy atom. The van der Waals surface area contributed by atoms with Gasteiger partial charge in [0.1, 0.15) is 17.5 Å². The van der Waals surface area contributed by atoms with Crippen molar-refractivity contribution in [2.45, 2.75) is 13.8 Å². The third-order valence-corrected chi connectivity index (χ3v) is 5.76. The van der Waals surface area contributed by atoms with Gasteiger partial charge in [0.2, 0.25) is 0 Å². The second-order valence-electron chi connectivity index (χ2n) is 5.36. The molecule has 29 heavy (non-hydrogen) atoms. The van der Waals surface area contributed by atoms with E-state index in [9.17, 15) is 14.9 Å². The number of rotatable bonds is 7. The monoisotopic (exact) mass is 432 g/mol. The lowest BCUT2D eigenvalue weighted by atomic mass is 10.2. The molecule has 0 spiro atoms. The van der Waals surface area contributed by atoms with Crippen molar-refractivity contribution < 1.29 is 19.1 Å². The first-order chi connectivity index (χ1) is 14.0. The van der Waals surface area contributed by atoms with E-state index in [-0.39, 0.29) is 30.2 Å². The highest BCUT2D eigenvalue weighted by atomic mass is 32.2. The maximum atomic E-state index is 12.6. The van der Waals surface area contributed by atoms with Gasteiger partial charge < -0.3 is 20.5 Å². The van der Waals surface area contributed by atoms with E-state index in [2.05, 4.69) is 10.3 Å². The fourth-order valence-corrected chi connectivity index (χ4v) is 4.09. The topological polar surface area (TPSA) is 127 Å². The zero-order valence-electron chi connectivity index (χ0n) is 16.1. The number of fused-ring (bicyclic) bond motifs is 1. The Hall–Kier alpha value is -2.90. The van der Waals surface area contributed by atoms with Gasteiger partial charge in [-0.1, -0.05) is 23.9 Å². The fourth-order valence-electron chi connectivity index (χ4n) is 2.31. The first-order valence-electron chi connectivity index (χ1n) is 8.62. The predicted molar refractivity (Wildman–Crippen MR) is 115 cm³/mol. The van der Waals surface area contributed by atoms with Crippen LogP contribution in [0, 0.1) is 11.3 Å². The van der Waals surface area contributed by atoms with E-state index in [1.54, 1.807) is 44.4 Å². The molecular weight excluding hydrogens is 412 g/mol. The number of nitrogens with zero attached hydrogens (tertiary/aromatic N) is 2. The van der Waals surface area contributed by atoms with Crippen molar-refractivity contribution in [2.24, 2.45) is 10.7 Å². The number of para-hydroxylation sites is 2. The second kappa shape index (κ2) is 10.6. The Labute approximate surface area is 177 Å². The molecule has 8 nitrogen and oxygen atoms in total. The number of ether oxygens (including phenoxy) is 2. The van der Waals surface area contributed by atoms with Crippen LogP contribution in [-0.4, -0.2) is 37.2 Å². The van der Waals surface area contributed by atoms with Crippen LogP contribution in [0.3, 0.4) is 0 Å². The summed E-state index contributed by atoms with van der Waals surface area (Å²) in [5.74, 6) is -1.43. The average molecular weight is 433 g/mol. The molecule has 1 aliphatic heterocycles.